The van der Waals surface area contributed by atoms with Gasteiger partial charge >= 0.3 is 0 Å². The van der Waals surface area contributed by atoms with Gasteiger partial charge in [0.25, 0.3) is 0 Å². The summed E-state index contributed by atoms with van der Waals surface area (Å²) in [5.41, 5.74) is 3.85. The first-order valence-electron chi connectivity index (χ1n) is 4.72. The van der Waals surface area contributed by atoms with E-state index in [1.165, 1.54) is 0 Å². The van der Waals surface area contributed by atoms with Crippen LogP contribution in [0.3, 0.4) is 0 Å². The molecular weight excluding hydrogens is 192 g/mol. The van der Waals surface area contributed by atoms with Gasteiger partial charge in [-0.25, -0.2) is 10.4 Å². The van der Waals surface area contributed by atoms with Crippen molar-refractivity contribution in [2.45, 2.75) is 12.5 Å². The van der Waals surface area contributed by atoms with Crippen molar-refractivity contribution >= 4 is 0 Å². The van der Waals surface area contributed by atoms with E-state index in [0.29, 0.717) is 0 Å². The number of hydrogen-bond acceptors (Lipinski definition) is 4. The number of rotatable bonds is 4. The Morgan fingerprint density at radius 2 is 2.53 bits per heavy atom. The Balaban J connectivity index is 2.09. The fraction of sp³-hybridized carbons (Fsp3) is 0.333. The van der Waals surface area contributed by atoms with Crippen molar-refractivity contribution in [1.82, 2.24) is 25.2 Å². The molecule has 0 saturated heterocycles. The molecule has 1 unspecified atom stereocenters. The van der Waals surface area contributed by atoms with E-state index in [9.17, 15) is 0 Å². The molecule has 80 valence electrons. The van der Waals surface area contributed by atoms with Gasteiger partial charge in [0.15, 0.2) is 0 Å². The standard InChI is InChI=1S/C9H14N6/c1-15-6-7(5-13-15)4-8(14-10)9-11-2-3-12-9/h2-3,5-6,8,14H,4,10H2,1H3,(H,11,12). The van der Waals surface area contributed by atoms with E-state index < -0.39 is 0 Å². The summed E-state index contributed by atoms with van der Waals surface area (Å²) in [6.07, 6.45) is 8.05. The lowest BCUT2D eigenvalue weighted by Crippen LogP contribution is -2.30. The van der Waals surface area contributed by atoms with Crippen LogP contribution in [0, 0.1) is 0 Å². The molecule has 2 aromatic heterocycles. The fourth-order valence-electron chi connectivity index (χ4n) is 1.52. The molecule has 0 aliphatic carbocycles. The molecule has 2 aromatic rings. The first-order chi connectivity index (χ1) is 7.29. The van der Waals surface area contributed by atoms with Crippen molar-refractivity contribution in [2.75, 3.05) is 0 Å². The third-order valence-electron chi connectivity index (χ3n) is 2.25. The molecular formula is C9H14N6. The molecule has 2 heterocycles. The zero-order valence-corrected chi connectivity index (χ0v) is 8.51. The average molecular weight is 206 g/mol. The highest BCUT2D eigenvalue weighted by Crippen LogP contribution is 2.12. The number of nitrogens with zero attached hydrogens (tertiary/aromatic N) is 3. The lowest BCUT2D eigenvalue weighted by Gasteiger charge is -2.11. The van der Waals surface area contributed by atoms with Gasteiger partial charge in [-0.1, -0.05) is 0 Å². The summed E-state index contributed by atoms with van der Waals surface area (Å²) in [4.78, 5) is 7.20. The number of imidazole rings is 1. The van der Waals surface area contributed by atoms with Gasteiger partial charge < -0.3 is 4.98 Å². The first-order valence-corrected chi connectivity index (χ1v) is 4.72. The molecule has 2 rings (SSSR count). The largest absolute Gasteiger partial charge is 0.347 e. The monoisotopic (exact) mass is 206 g/mol. The van der Waals surface area contributed by atoms with Gasteiger partial charge in [-0.2, -0.15) is 5.10 Å². The van der Waals surface area contributed by atoms with E-state index in [1.807, 2.05) is 19.4 Å². The van der Waals surface area contributed by atoms with Gasteiger partial charge in [-0.15, -0.1) is 0 Å². The number of H-pyrrole nitrogens is 1. The number of aryl methyl sites for hydroxylation is 1. The second-order valence-electron chi connectivity index (χ2n) is 3.42. The summed E-state index contributed by atoms with van der Waals surface area (Å²) >= 11 is 0. The Hall–Kier alpha value is -1.66. The lowest BCUT2D eigenvalue weighted by atomic mass is 10.1. The van der Waals surface area contributed by atoms with E-state index in [2.05, 4.69) is 20.5 Å². The predicted octanol–water partition coefficient (Wildman–Crippen LogP) is -0.110. The van der Waals surface area contributed by atoms with Crippen LogP contribution in [0.25, 0.3) is 0 Å². The van der Waals surface area contributed by atoms with Crippen LogP contribution in [0.1, 0.15) is 17.4 Å². The van der Waals surface area contributed by atoms with Crippen LogP contribution in [0.4, 0.5) is 0 Å². The molecule has 6 heteroatoms. The number of aromatic nitrogens is 4. The molecule has 15 heavy (non-hydrogen) atoms. The van der Waals surface area contributed by atoms with Gasteiger partial charge in [0.2, 0.25) is 0 Å². The fourth-order valence-corrected chi connectivity index (χ4v) is 1.52. The molecule has 0 fully saturated rings. The number of nitrogens with one attached hydrogen (secondary N) is 2. The number of hydrogen-bond donors (Lipinski definition) is 3. The summed E-state index contributed by atoms with van der Waals surface area (Å²) in [5, 5.41) is 4.10. The maximum atomic E-state index is 5.48. The van der Waals surface area contributed by atoms with Gasteiger partial charge in [0.05, 0.1) is 12.2 Å². The zero-order valence-electron chi connectivity index (χ0n) is 8.51. The van der Waals surface area contributed by atoms with Gasteiger partial charge in [0, 0.05) is 25.6 Å². The van der Waals surface area contributed by atoms with Crippen LogP contribution in [0.5, 0.6) is 0 Å². The maximum Gasteiger partial charge on any atom is 0.124 e. The van der Waals surface area contributed by atoms with Gasteiger partial charge in [0.1, 0.15) is 5.82 Å². The van der Waals surface area contributed by atoms with E-state index in [-0.39, 0.29) is 6.04 Å². The number of hydrazine groups is 1. The second-order valence-corrected chi connectivity index (χ2v) is 3.42. The van der Waals surface area contributed by atoms with Gasteiger partial charge in [-0.3, -0.25) is 10.5 Å². The minimum atomic E-state index is -0.0100. The van der Waals surface area contributed by atoms with E-state index in [4.69, 9.17) is 5.84 Å². The van der Waals surface area contributed by atoms with Crippen molar-refractivity contribution in [3.8, 4) is 0 Å². The molecule has 0 spiro atoms. The normalized spacial score (nSPS) is 12.9. The molecule has 0 bridgehead atoms. The van der Waals surface area contributed by atoms with Crippen LogP contribution < -0.4 is 11.3 Å². The summed E-state index contributed by atoms with van der Waals surface area (Å²) in [5.74, 6) is 6.32. The lowest BCUT2D eigenvalue weighted by molar-refractivity contribution is 0.527. The third kappa shape index (κ3) is 2.23. The molecule has 0 aliphatic rings. The highest BCUT2D eigenvalue weighted by molar-refractivity contribution is 5.09. The summed E-state index contributed by atoms with van der Waals surface area (Å²) in [6, 6.07) is -0.0100. The van der Waals surface area contributed by atoms with Crippen molar-refractivity contribution in [1.29, 1.82) is 0 Å². The number of nitrogens with two attached hydrogens (primary N) is 1. The van der Waals surface area contributed by atoms with Crippen molar-refractivity contribution in [2.24, 2.45) is 12.9 Å². The second kappa shape index (κ2) is 4.24. The molecule has 1 atom stereocenters. The Kier molecular flexibility index (Phi) is 2.79. The minimum absolute atomic E-state index is 0.0100. The van der Waals surface area contributed by atoms with Crippen molar-refractivity contribution in [3.63, 3.8) is 0 Å². The number of aromatic amines is 1. The van der Waals surface area contributed by atoms with Crippen LogP contribution in [-0.4, -0.2) is 19.7 Å². The van der Waals surface area contributed by atoms with E-state index in [0.717, 1.165) is 17.8 Å². The summed E-state index contributed by atoms with van der Waals surface area (Å²) in [6.45, 7) is 0. The Bertz CT molecular complexity index is 404. The molecule has 6 nitrogen and oxygen atoms in total. The van der Waals surface area contributed by atoms with Crippen molar-refractivity contribution < 1.29 is 0 Å². The van der Waals surface area contributed by atoms with Gasteiger partial charge in [-0.05, 0) is 12.0 Å². The highest BCUT2D eigenvalue weighted by atomic mass is 15.3. The van der Waals surface area contributed by atoms with E-state index >= 15 is 0 Å². The summed E-state index contributed by atoms with van der Waals surface area (Å²) < 4.78 is 1.77. The van der Waals surface area contributed by atoms with Crippen LogP contribution in [0.2, 0.25) is 0 Å². The SMILES string of the molecule is Cn1cc(CC(NN)c2ncc[nH]2)cn1. The van der Waals surface area contributed by atoms with Crippen LogP contribution in [0.15, 0.2) is 24.8 Å². The summed E-state index contributed by atoms with van der Waals surface area (Å²) in [7, 11) is 1.89. The molecule has 0 amide bonds. The Labute approximate surface area is 87.5 Å². The minimum Gasteiger partial charge on any atom is -0.347 e. The zero-order chi connectivity index (χ0) is 10.7. The first kappa shape index (κ1) is 9.88. The molecule has 0 aromatic carbocycles. The van der Waals surface area contributed by atoms with Crippen LogP contribution >= 0.6 is 0 Å². The molecule has 0 saturated carbocycles. The molecule has 4 N–H and O–H groups in total. The predicted molar refractivity (Wildman–Crippen MR) is 55.6 cm³/mol. The van der Waals surface area contributed by atoms with Crippen LogP contribution in [-0.2, 0) is 13.5 Å². The highest BCUT2D eigenvalue weighted by Gasteiger charge is 2.13. The molecule has 0 aliphatic heterocycles. The van der Waals surface area contributed by atoms with E-state index in [1.54, 1.807) is 17.1 Å². The Morgan fingerprint density at radius 1 is 1.67 bits per heavy atom. The average Bonchev–Trinajstić information content (AvgIpc) is 2.85. The van der Waals surface area contributed by atoms with Crippen molar-refractivity contribution in [3.05, 3.63) is 36.2 Å². The third-order valence-corrected chi connectivity index (χ3v) is 2.25. The topological polar surface area (TPSA) is 84.5 Å². The molecule has 0 radical (unpaired) electrons. The quantitative estimate of drug-likeness (QED) is 0.481. The smallest absolute Gasteiger partial charge is 0.124 e. The Morgan fingerprint density at radius 3 is 3.07 bits per heavy atom. The maximum absolute atomic E-state index is 5.48.